The van der Waals surface area contributed by atoms with Gasteiger partial charge in [-0.05, 0) is 55.5 Å². The first-order chi connectivity index (χ1) is 14.8. The third-order valence-electron chi connectivity index (χ3n) is 5.02. The third kappa shape index (κ3) is 3.75. The normalized spacial score (nSPS) is 14.4. The first-order valence-electron chi connectivity index (χ1n) is 9.29. The number of alkyl halides is 3. The summed E-state index contributed by atoms with van der Waals surface area (Å²) >= 11 is 0. The van der Waals surface area contributed by atoms with Crippen molar-refractivity contribution < 1.29 is 18.0 Å². The Morgan fingerprint density at radius 3 is 2.52 bits per heavy atom. The number of nitrogens with one attached hydrogen (secondary N) is 1. The fourth-order valence-electron chi connectivity index (χ4n) is 3.48. The lowest BCUT2D eigenvalue weighted by Gasteiger charge is -2.31. The molecule has 0 unspecified atom stereocenters. The lowest BCUT2D eigenvalue weighted by molar-refractivity contribution is -0.137. The summed E-state index contributed by atoms with van der Waals surface area (Å²) in [6, 6.07) is 14.8. The maximum atomic E-state index is 13.2. The average molecular weight is 423 g/mol. The van der Waals surface area contributed by atoms with E-state index in [0.717, 1.165) is 12.1 Å². The standard InChI is InChI=1S/C22H16F3N5O/c1-14-19(20-9-10-28-30(20)17-7-5-15(12-26)6-8-17)13-27-21(31)29(14)18-4-2-3-16(11-18)22(23,24)25/h2-11H,13H2,1H3,(H,27,31). The highest BCUT2D eigenvalue weighted by Crippen LogP contribution is 2.34. The van der Waals surface area contributed by atoms with Crippen molar-refractivity contribution >= 4 is 17.3 Å². The molecule has 2 amide bonds. The number of rotatable bonds is 3. The summed E-state index contributed by atoms with van der Waals surface area (Å²) in [5, 5.41) is 16.0. The van der Waals surface area contributed by atoms with E-state index in [-0.39, 0.29) is 12.2 Å². The zero-order chi connectivity index (χ0) is 22.2. The second-order valence-electron chi connectivity index (χ2n) is 6.89. The molecule has 1 N–H and O–H groups in total. The van der Waals surface area contributed by atoms with Gasteiger partial charge in [-0.2, -0.15) is 23.5 Å². The summed E-state index contributed by atoms with van der Waals surface area (Å²) < 4.78 is 41.1. The smallest absolute Gasteiger partial charge is 0.333 e. The van der Waals surface area contributed by atoms with E-state index in [1.54, 1.807) is 48.1 Å². The van der Waals surface area contributed by atoms with Crippen LogP contribution in [0.2, 0.25) is 0 Å². The molecule has 2 heterocycles. The van der Waals surface area contributed by atoms with E-state index in [0.29, 0.717) is 28.2 Å². The van der Waals surface area contributed by atoms with Gasteiger partial charge in [-0.1, -0.05) is 6.07 Å². The van der Waals surface area contributed by atoms with E-state index in [1.165, 1.54) is 17.0 Å². The summed E-state index contributed by atoms with van der Waals surface area (Å²) in [4.78, 5) is 13.8. The fourth-order valence-corrected chi connectivity index (χ4v) is 3.48. The quantitative estimate of drug-likeness (QED) is 0.662. The Hall–Kier alpha value is -4.06. The van der Waals surface area contributed by atoms with Crippen LogP contribution in [-0.2, 0) is 6.18 Å². The molecule has 1 aliphatic heterocycles. The fraction of sp³-hybridized carbons (Fsp3) is 0.136. The minimum atomic E-state index is -4.52. The predicted molar refractivity (Wildman–Crippen MR) is 108 cm³/mol. The number of hydrogen-bond acceptors (Lipinski definition) is 3. The van der Waals surface area contributed by atoms with Gasteiger partial charge in [-0.3, -0.25) is 4.90 Å². The van der Waals surface area contributed by atoms with Crippen LogP contribution in [0.1, 0.15) is 23.7 Å². The van der Waals surface area contributed by atoms with E-state index in [9.17, 15) is 18.0 Å². The minimum Gasteiger partial charge on any atom is -0.333 e. The second kappa shape index (κ2) is 7.65. The van der Waals surface area contributed by atoms with Crippen molar-refractivity contribution in [1.29, 1.82) is 5.26 Å². The highest BCUT2D eigenvalue weighted by Gasteiger charge is 2.33. The Morgan fingerprint density at radius 1 is 1.10 bits per heavy atom. The lowest BCUT2D eigenvalue weighted by atomic mass is 10.1. The molecule has 9 heteroatoms. The van der Waals surface area contributed by atoms with Gasteiger partial charge in [0.05, 0.1) is 40.5 Å². The van der Waals surface area contributed by atoms with Crippen LogP contribution in [-0.4, -0.2) is 22.4 Å². The number of halogens is 3. The number of allylic oxidation sites excluding steroid dienone is 1. The molecule has 4 rings (SSSR count). The molecule has 0 atom stereocenters. The molecule has 31 heavy (non-hydrogen) atoms. The molecule has 0 fully saturated rings. The van der Waals surface area contributed by atoms with Gasteiger partial charge in [0.15, 0.2) is 0 Å². The van der Waals surface area contributed by atoms with Gasteiger partial charge in [0.1, 0.15) is 0 Å². The summed E-state index contributed by atoms with van der Waals surface area (Å²) in [7, 11) is 0. The average Bonchev–Trinajstić information content (AvgIpc) is 3.23. The molecule has 0 bridgehead atoms. The number of nitrogens with zero attached hydrogens (tertiary/aromatic N) is 4. The number of hydrogen-bond donors (Lipinski definition) is 1. The maximum Gasteiger partial charge on any atom is 0.416 e. The highest BCUT2D eigenvalue weighted by molar-refractivity contribution is 6.00. The monoisotopic (exact) mass is 423 g/mol. The molecule has 0 radical (unpaired) electrons. The molecular weight excluding hydrogens is 407 g/mol. The Kier molecular flexibility index (Phi) is 4.99. The van der Waals surface area contributed by atoms with Gasteiger partial charge in [0.2, 0.25) is 0 Å². The van der Waals surface area contributed by atoms with Crippen LogP contribution in [0.4, 0.5) is 23.7 Å². The molecule has 0 saturated heterocycles. The number of anilines is 1. The summed E-state index contributed by atoms with van der Waals surface area (Å²) in [6.45, 7) is 1.88. The van der Waals surface area contributed by atoms with Crippen molar-refractivity contribution in [3.05, 3.63) is 83.3 Å². The SMILES string of the molecule is CC1=C(c2ccnn2-c2ccc(C#N)cc2)CNC(=O)N1c1cccc(C(F)(F)F)c1. The molecular formula is C22H16F3N5O. The van der Waals surface area contributed by atoms with Gasteiger partial charge in [-0.25, -0.2) is 9.48 Å². The van der Waals surface area contributed by atoms with Crippen molar-refractivity contribution in [2.24, 2.45) is 0 Å². The zero-order valence-electron chi connectivity index (χ0n) is 16.3. The van der Waals surface area contributed by atoms with Gasteiger partial charge >= 0.3 is 12.2 Å². The number of carbonyl (C=O) groups excluding carboxylic acids is 1. The Bertz CT molecular complexity index is 1220. The lowest BCUT2D eigenvalue weighted by Crippen LogP contribution is -2.44. The topological polar surface area (TPSA) is 74.0 Å². The predicted octanol–water partition coefficient (Wildman–Crippen LogP) is 4.72. The first kappa shape index (κ1) is 20.2. The molecule has 1 aromatic heterocycles. The Balaban J connectivity index is 1.79. The summed E-state index contributed by atoms with van der Waals surface area (Å²) in [5.74, 6) is 0. The van der Waals surface area contributed by atoms with Gasteiger partial charge in [-0.15, -0.1) is 0 Å². The van der Waals surface area contributed by atoms with E-state index in [1.807, 2.05) is 0 Å². The zero-order valence-corrected chi connectivity index (χ0v) is 16.3. The molecule has 6 nitrogen and oxygen atoms in total. The van der Waals surface area contributed by atoms with Gasteiger partial charge < -0.3 is 5.32 Å². The van der Waals surface area contributed by atoms with Crippen LogP contribution < -0.4 is 10.2 Å². The number of urea groups is 1. The number of benzene rings is 2. The third-order valence-corrected chi connectivity index (χ3v) is 5.02. The van der Waals surface area contributed by atoms with Crippen LogP contribution in [0, 0.1) is 11.3 Å². The number of aromatic nitrogens is 2. The van der Waals surface area contributed by atoms with E-state index in [2.05, 4.69) is 16.5 Å². The Labute approximate surface area is 175 Å². The molecule has 0 spiro atoms. The van der Waals surface area contributed by atoms with Crippen molar-refractivity contribution in [3.63, 3.8) is 0 Å². The number of carbonyl (C=O) groups is 1. The Morgan fingerprint density at radius 2 is 1.84 bits per heavy atom. The van der Waals surface area contributed by atoms with E-state index >= 15 is 0 Å². The van der Waals surface area contributed by atoms with Gasteiger partial charge in [0.25, 0.3) is 0 Å². The number of amides is 2. The van der Waals surface area contributed by atoms with Crippen LogP contribution in [0.5, 0.6) is 0 Å². The largest absolute Gasteiger partial charge is 0.416 e. The highest BCUT2D eigenvalue weighted by atomic mass is 19.4. The summed E-state index contributed by atoms with van der Waals surface area (Å²) in [5.41, 5.74) is 2.39. The first-order valence-corrected chi connectivity index (χ1v) is 9.29. The van der Waals surface area contributed by atoms with E-state index in [4.69, 9.17) is 5.26 Å². The van der Waals surface area contributed by atoms with Crippen molar-refractivity contribution in [2.75, 3.05) is 11.4 Å². The minimum absolute atomic E-state index is 0.117. The van der Waals surface area contributed by atoms with Crippen LogP contribution in [0.15, 0.2) is 66.5 Å². The summed E-state index contributed by atoms with van der Waals surface area (Å²) in [6.07, 6.45) is -2.92. The molecule has 1 aliphatic rings. The van der Waals surface area contributed by atoms with Crippen molar-refractivity contribution in [1.82, 2.24) is 15.1 Å². The van der Waals surface area contributed by atoms with Crippen molar-refractivity contribution in [2.45, 2.75) is 13.1 Å². The number of nitriles is 1. The maximum absolute atomic E-state index is 13.2. The van der Waals surface area contributed by atoms with E-state index < -0.39 is 17.8 Å². The molecule has 2 aromatic carbocycles. The van der Waals surface area contributed by atoms with Crippen molar-refractivity contribution in [3.8, 4) is 11.8 Å². The van der Waals surface area contributed by atoms with Crippen LogP contribution in [0.3, 0.4) is 0 Å². The second-order valence-corrected chi connectivity index (χ2v) is 6.89. The van der Waals surface area contributed by atoms with Gasteiger partial charge in [0, 0.05) is 17.8 Å². The molecule has 3 aromatic rings. The molecule has 0 aliphatic carbocycles. The molecule has 0 saturated carbocycles. The molecule has 156 valence electrons. The van der Waals surface area contributed by atoms with Crippen LogP contribution >= 0.6 is 0 Å². The van der Waals surface area contributed by atoms with Crippen LogP contribution in [0.25, 0.3) is 11.3 Å².